The molecule has 7 nitrogen and oxygen atoms in total. The fourth-order valence-electron chi connectivity index (χ4n) is 3.88. The minimum atomic E-state index is -0.131. The number of para-hydroxylation sites is 1. The van der Waals surface area contributed by atoms with Gasteiger partial charge in [0.2, 0.25) is 0 Å². The molecular weight excluding hydrogens is 382 g/mol. The van der Waals surface area contributed by atoms with Gasteiger partial charge < -0.3 is 25.0 Å². The van der Waals surface area contributed by atoms with Gasteiger partial charge in [-0.3, -0.25) is 9.59 Å². The number of quaternary nitrogens is 1. The van der Waals surface area contributed by atoms with Crippen molar-refractivity contribution >= 4 is 17.5 Å². The van der Waals surface area contributed by atoms with Crippen LogP contribution >= 0.6 is 0 Å². The lowest BCUT2D eigenvalue weighted by Crippen LogP contribution is -3.12. The van der Waals surface area contributed by atoms with Crippen molar-refractivity contribution in [1.82, 2.24) is 5.32 Å². The number of fused-ring (bicyclic) bond motifs is 1. The van der Waals surface area contributed by atoms with Crippen molar-refractivity contribution < 1.29 is 24.0 Å². The molecule has 7 heteroatoms. The third-order valence-corrected chi connectivity index (χ3v) is 5.66. The summed E-state index contributed by atoms with van der Waals surface area (Å²) in [6.07, 6.45) is 2.92. The molecule has 2 aromatic rings. The fraction of sp³-hybridized carbons (Fsp3) is 0.391. The van der Waals surface area contributed by atoms with Crippen LogP contribution in [0.15, 0.2) is 36.4 Å². The number of benzene rings is 2. The van der Waals surface area contributed by atoms with Gasteiger partial charge in [-0.2, -0.15) is 0 Å². The topological polar surface area (TPSA) is 81.1 Å². The third kappa shape index (κ3) is 4.57. The van der Waals surface area contributed by atoms with Crippen LogP contribution in [0.1, 0.15) is 34.3 Å². The zero-order chi connectivity index (χ0) is 21.1. The maximum atomic E-state index is 12.7. The van der Waals surface area contributed by atoms with Gasteiger partial charge in [-0.15, -0.1) is 0 Å². The zero-order valence-electron chi connectivity index (χ0n) is 17.4. The maximum Gasteiger partial charge on any atom is 0.279 e. The second kappa shape index (κ2) is 8.75. The number of hydrogen-bond acceptors (Lipinski definition) is 4. The van der Waals surface area contributed by atoms with Gasteiger partial charge >= 0.3 is 0 Å². The van der Waals surface area contributed by atoms with E-state index in [9.17, 15) is 9.59 Å². The molecule has 1 aliphatic carbocycles. The number of amides is 2. The molecule has 1 unspecified atom stereocenters. The Balaban J connectivity index is 1.40. The number of hydrogen-bond donors (Lipinski definition) is 3. The summed E-state index contributed by atoms with van der Waals surface area (Å²) in [4.78, 5) is 26.3. The minimum Gasteiger partial charge on any atom is -0.493 e. The highest BCUT2D eigenvalue weighted by Crippen LogP contribution is 2.31. The molecule has 158 valence electrons. The Morgan fingerprint density at radius 3 is 2.47 bits per heavy atom. The molecule has 2 aromatic carbocycles. The summed E-state index contributed by atoms with van der Waals surface area (Å²) in [5.74, 6) is 1.21. The smallest absolute Gasteiger partial charge is 0.279 e. The molecule has 4 rings (SSSR count). The van der Waals surface area contributed by atoms with Crippen molar-refractivity contribution in [3.63, 3.8) is 0 Å². The van der Waals surface area contributed by atoms with Gasteiger partial charge in [-0.1, -0.05) is 12.1 Å². The molecule has 1 fully saturated rings. The largest absolute Gasteiger partial charge is 0.493 e. The van der Waals surface area contributed by atoms with E-state index in [1.807, 2.05) is 24.3 Å². The molecule has 0 aromatic heterocycles. The van der Waals surface area contributed by atoms with Gasteiger partial charge in [0.25, 0.3) is 11.8 Å². The first-order chi connectivity index (χ1) is 14.6. The number of carbonyl (C=O) groups excluding carboxylic acids is 2. The summed E-state index contributed by atoms with van der Waals surface area (Å²) < 4.78 is 10.8. The Kier molecular flexibility index (Phi) is 5.90. The molecule has 0 bridgehead atoms. The van der Waals surface area contributed by atoms with Crippen LogP contribution in [0.5, 0.6) is 11.5 Å². The van der Waals surface area contributed by atoms with Gasteiger partial charge in [-0.05, 0) is 42.7 Å². The average molecular weight is 410 g/mol. The quantitative estimate of drug-likeness (QED) is 0.640. The monoisotopic (exact) mass is 410 g/mol. The highest BCUT2D eigenvalue weighted by Gasteiger charge is 2.26. The van der Waals surface area contributed by atoms with Crippen molar-refractivity contribution in [2.24, 2.45) is 0 Å². The lowest BCUT2D eigenvalue weighted by atomic mass is 9.99. The third-order valence-electron chi connectivity index (χ3n) is 5.66. The Hall–Kier alpha value is -3.06. The van der Waals surface area contributed by atoms with E-state index < -0.39 is 0 Å². The van der Waals surface area contributed by atoms with E-state index in [2.05, 4.69) is 10.6 Å². The average Bonchev–Trinajstić information content (AvgIpc) is 3.56. The van der Waals surface area contributed by atoms with E-state index in [1.54, 1.807) is 26.4 Å². The lowest BCUT2D eigenvalue weighted by molar-refractivity contribution is -0.907. The Bertz CT molecular complexity index is 955. The first-order valence-corrected chi connectivity index (χ1v) is 10.3. The standard InChI is InChI=1S/C23H27N3O4/c1-29-20-11-15-9-10-26(13-16(15)12-21(20)30-2)14-22(27)25-19-6-4-3-5-18(19)23(28)24-17-7-8-17/h3-6,11-12,17H,7-10,13-14H2,1-2H3,(H,24,28)(H,25,27)/p+1. The molecule has 1 saturated carbocycles. The van der Waals surface area contributed by atoms with Crippen LogP contribution in [0.4, 0.5) is 5.69 Å². The van der Waals surface area contributed by atoms with Crippen LogP contribution in [-0.2, 0) is 17.8 Å². The maximum absolute atomic E-state index is 12.7. The summed E-state index contributed by atoms with van der Waals surface area (Å²) in [6, 6.07) is 11.5. The van der Waals surface area contributed by atoms with Gasteiger partial charge in [0.05, 0.1) is 32.0 Å². The van der Waals surface area contributed by atoms with E-state index >= 15 is 0 Å². The van der Waals surface area contributed by atoms with Gasteiger partial charge in [0, 0.05) is 18.0 Å². The predicted molar refractivity (Wildman–Crippen MR) is 113 cm³/mol. The number of methoxy groups -OCH3 is 2. The first-order valence-electron chi connectivity index (χ1n) is 10.3. The first kappa shape index (κ1) is 20.2. The summed E-state index contributed by atoms with van der Waals surface area (Å²) in [7, 11) is 3.26. The van der Waals surface area contributed by atoms with Crippen LogP contribution in [0, 0.1) is 0 Å². The van der Waals surface area contributed by atoms with Gasteiger partial charge in [0.15, 0.2) is 18.0 Å². The van der Waals surface area contributed by atoms with E-state index in [1.165, 1.54) is 16.0 Å². The van der Waals surface area contributed by atoms with E-state index in [0.29, 0.717) is 23.5 Å². The molecule has 2 aliphatic rings. The highest BCUT2D eigenvalue weighted by atomic mass is 16.5. The number of anilines is 1. The van der Waals surface area contributed by atoms with E-state index in [4.69, 9.17) is 9.47 Å². The van der Waals surface area contributed by atoms with Crippen molar-refractivity contribution in [2.75, 3.05) is 32.6 Å². The molecular formula is C23H28N3O4+. The van der Waals surface area contributed by atoms with Crippen LogP contribution in [0.2, 0.25) is 0 Å². The van der Waals surface area contributed by atoms with E-state index in [-0.39, 0.29) is 17.9 Å². The van der Waals surface area contributed by atoms with Crippen LogP contribution in [0.25, 0.3) is 0 Å². The van der Waals surface area contributed by atoms with Gasteiger partial charge in [0.1, 0.15) is 6.54 Å². The van der Waals surface area contributed by atoms with Gasteiger partial charge in [-0.25, -0.2) is 0 Å². The molecule has 1 heterocycles. The van der Waals surface area contributed by atoms with Crippen molar-refractivity contribution in [1.29, 1.82) is 0 Å². The Morgan fingerprint density at radius 1 is 1.07 bits per heavy atom. The lowest BCUT2D eigenvalue weighted by Gasteiger charge is -2.26. The molecule has 30 heavy (non-hydrogen) atoms. The van der Waals surface area contributed by atoms with Crippen LogP contribution < -0.4 is 25.0 Å². The predicted octanol–water partition coefficient (Wildman–Crippen LogP) is 1.18. The zero-order valence-corrected chi connectivity index (χ0v) is 17.4. The fourth-order valence-corrected chi connectivity index (χ4v) is 3.88. The molecule has 3 N–H and O–H groups in total. The van der Waals surface area contributed by atoms with Crippen molar-refractivity contribution in [3.8, 4) is 11.5 Å². The molecule has 0 spiro atoms. The second-order valence-corrected chi connectivity index (χ2v) is 7.92. The molecule has 0 saturated heterocycles. The summed E-state index contributed by atoms with van der Waals surface area (Å²) in [5.41, 5.74) is 3.47. The second-order valence-electron chi connectivity index (χ2n) is 7.92. The number of nitrogens with one attached hydrogen (secondary N) is 3. The molecule has 2 amide bonds. The highest BCUT2D eigenvalue weighted by molar-refractivity contribution is 6.04. The Labute approximate surface area is 176 Å². The SMILES string of the molecule is COc1cc2c(cc1OC)C[NH+](CC(=O)Nc1ccccc1C(=O)NC1CC1)CC2. The number of rotatable bonds is 7. The number of carbonyl (C=O) groups is 2. The normalized spacial score (nSPS) is 17.6. The van der Waals surface area contributed by atoms with Crippen LogP contribution in [0.3, 0.4) is 0 Å². The van der Waals surface area contributed by atoms with Crippen molar-refractivity contribution in [2.45, 2.75) is 31.8 Å². The molecule has 0 radical (unpaired) electrons. The minimum absolute atomic E-state index is 0.0967. The summed E-state index contributed by atoms with van der Waals surface area (Å²) in [5, 5.41) is 5.91. The Morgan fingerprint density at radius 2 is 1.77 bits per heavy atom. The van der Waals surface area contributed by atoms with E-state index in [0.717, 1.165) is 38.1 Å². The molecule has 1 aliphatic heterocycles. The summed E-state index contributed by atoms with van der Waals surface area (Å²) in [6.45, 7) is 1.94. The van der Waals surface area contributed by atoms with Crippen molar-refractivity contribution in [3.05, 3.63) is 53.1 Å². The molecule has 1 atom stereocenters. The number of ether oxygens (including phenoxy) is 2. The van der Waals surface area contributed by atoms with Crippen LogP contribution in [-0.4, -0.2) is 45.2 Å². The summed E-state index contributed by atoms with van der Waals surface area (Å²) >= 11 is 0.